The molecule has 116 valence electrons. The normalized spacial score (nSPS) is 11.0. The topological polar surface area (TPSA) is 52.9 Å². The summed E-state index contributed by atoms with van der Waals surface area (Å²) in [5, 5.41) is 12.1. The molecule has 0 aliphatic rings. The van der Waals surface area contributed by atoms with Crippen molar-refractivity contribution in [2.45, 2.75) is 27.7 Å². The van der Waals surface area contributed by atoms with Crippen LogP contribution in [0, 0.1) is 39.0 Å². The van der Waals surface area contributed by atoms with Crippen LogP contribution in [0.1, 0.15) is 27.8 Å². The zero-order chi connectivity index (χ0) is 17.0. The van der Waals surface area contributed by atoms with E-state index in [1.54, 1.807) is 6.08 Å². The van der Waals surface area contributed by atoms with Gasteiger partial charge in [-0.2, -0.15) is 5.26 Å². The molecule has 0 bridgehead atoms. The number of nitrogens with zero attached hydrogens (tertiary/aromatic N) is 1. The van der Waals surface area contributed by atoms with Crippen molar-refractivity contribution < 1.29 is 4.79 Å². The van der Waals surface area contributed by atoms with Crippen molar-refractivity contribution in [1.29, 1.82) is 5.26 Å². The van der Waals surface area contributed by atoms with Gasteiger partial charge in [-0.15, -0.1) is 0 Å². The summed E-state index contributed by atoms with van der Waals surface area (Å²) in [5.74, 6) is -0.389. The highest BCUT2D eigenvalue weighted by Crippen LogP contribution is 2.19. The SMILES string of the molecule is Cc1cc(C)c(C=C(C#N)C(=O)Nc2ccccc2C)cc1C. The smallest absolute Gasteiger partial charge is 0.266 e. The molecule has 0 spiro atoms. The summed E-state index contributed by atoms with van der Waals surface area (Å²) < 4.78 is 0. The highest BCUT2D eigenvalue weighted by atomic mass is 16.1. The molecule has 3 nitrogen and oxygen atoms in total. The number of rotatable bonds is 3. The van der Waals surface area contributed by atoms with E-state index in [1.807, 2.05) is 64.1 Å². The number of para-hydroxylation sites is 1. The van der Waals surface area contributed by atoms with E-state index < -0.39 is 0 Å². The van der Waals surface area contributed by atoms with Gasteiger partial charge in [0.2, 0.25) is 0 Å². The van der Waals surface area contributed by atoms with Crippen LogP contribution in [0.25, 0.3) is 6.08 Å². The molecule has 0 saturated heterocycles. The second-order valence-electron chi connectivity index (χ2n) is 5.73. The number of benzene rings is 2. The fourth-order valence-electron chi connectivity index (χ4n) is 2.35. The molecule has 3 heteroatoms. The highest BCUT2D eigenvalue weighted by molar-refractivity contribution is 6.10. The zero-order valence-electron chi connectivity index (χ0n) is 13.9. The van der Waals surface area contributed by atoms with Gasteiger partial charge in [-0.05, 0) is 67.7 Å². The van der Waals surface area contributed by atoms with Crippen LogP contribution in [0.4, 0.5) is 5.69 Å². The maximum atomic E-state index is 12.4. The average molecular weight is 304 g/mol. The fourth-order valence-corrected chi connectivity index (χ4v) is 2.35. The Hall–Kier alpha value is -2.86. The lowest BCUT2D eigenvalue weighted by Crippen LogP contribution is -2.14. The minimum atomic E-state index is -0.389. The number of amides is 1. The Bertz CT molecular complexity index is 826. The Morgan fingerprint density at radius 3 is 2.30 bits per heavy atom. The molecule has 2 aromatic carbocycles. The van der Waals surface area contributed by atoms with Crippen molar-refractivity contribution in [2.75, 3.05) is 5.32 Å². The molecule has 0 radical (unpaired) electrons. The number of carbonyl (C=O) groups is 1. The summed E-state index contributed by atoms with van der Waals surface area (Å²) in [5.41, 5.74) is 6.05. The standard InChI is InChI=1S/C20H20N2O/c1-13-7-5-6-8-19(13)22-20(23)18(12-21)11-17-10-15(3)14(2)9-16(17)4/h5-11H,1-4H3,(H,22,23). The minimum absolute atomic E-state index is 0.0969. The van der Waals surface area contributed by atoms with Crippen molar-refractivity contribution in [2.24, 2.45) is 0 Å². The number of hydrogen-bond acceptors (Lipinski definition) is 2. The first-order valence-electron chi connectivity index (χ1n) is 7.49. The lowest BCUT2D eigenvalue weighted by atomic mass is 9.99. The van der Waals surface area contributed by atoms with Crippen LogP contribution in [0.3, 0.4) is 0 Å². The summed E-state index contributed by atoms with van der Waals surface area (Å²) in [6.07, 6.45) is 1.65. The van der Waals surface area contributed by atoms with E-state index >= 15 is 0 Å². The largest absolute Gasteiger partial charge is 0.321 e. The minimum Gasteiger partial charge on any atom is -0.321 e. The van der Waals surface area contributed by atoms with Gasteiger partial charge in [-0.1, -0.05) is 30.3 Å². The van der Waals surface area contributed by atoms with Crippen molar-refractivity contribution >= 4 is 17.7 Å². The third-order valence-corrected chi connectivity index (χ3v) is 3.94. The Labute approximate surface area is 137 Å². The molecule has 0 unspecified atom stereocenters. The van der Waals surface area contributed by atoms with E-state index in [0.29, 0.717) is 0 Å². The molecule has 23 heavy (non-hydrogen) atoms. The monoisotopic (exact) mass is 304 g/mol. The Kier molecular flexibility index (Phi) is 4.98. The molecule has 0 aliphatic heterocycles. The molecule has 0 aliphatic carbocycles. The second-order valence-corrected chi connectivity index (χ2v) is 5.73. The van der Waals surface area contributed by atoms with Crippen LogP contribution < -0.4 is 5.32 Å². The van der Waals surface area contributed by atoms with Crippen molar-refractivity contribution in [1.82, 2.24) is 0 Å². The van der Waals surface area contributed by atoms with E-state index in [1.165, 1.54) is 5.56 Å². The van der Waals surface area contributed by atoms with Crippen LogP contribution in [0.15, 0.2) is 42.0 Å². The predicted octanol–water partition coefficient (Wildman–Crippen LogP) is 4.47. The fraction of sp³-hybridized carbons (Fsp3) is 0.200. The van der Waals surface area contributed by atoms with Gasteiger partial charge in [0.05, 0.1) is 0 Å². The maximum Gasteiger partial charge on any atom is 0.266 e. The molecule has 0 saturated carbocycles. The second kappa shape index (κ2) is 6.93. The zero-order valence-corrected chi connectivity index (χ0v) is 13.9. The molecule has 1 amide bonds. The van der Waals surface area contributed by atoms with Crippen LogP contribution in [0.2, 0.25) is 0 Å². The van der Waals surface area contributed by atoms with Gasteiger partial charge in [-0.3, -0.25) is 4.79 Å². The molecular formula is C20H20N2O. The first-order valence-corrected chi connectivity index (χ1v) is 7.49. The van der Waals surface area contributed by atoms with E-state index in [2.05, 4.69) is 11.4 Å². The van der Waals surface area contributed by atoms with Crippen molar-refractivity contribution in [3.8, 4) is 6.07 Å². The first kappa shape index (κ1) is 16.5. The van der Waals surface area contributed by atoms with Crippen LogP contribution in [-0.4, -0.2) is 5.91 Å². The molecule has 0 aromatic heterocycles. The molecule has 0 atom stereocenters. The van der Waals surface area contributed by atoms with Crippen molar-refractivity contribution in [3.63, 3.8) is 0 Å². The molecule has 2 rings (SSSR count). The van der Waals surface area contributed by atoms with Gasteiger partial charge in [0.1, 0.15) is 11.6 Å². The number of nitriles is 1. The maximum absolute atomic E-state index is 12.4. The first-order chi connectivity index (χ1) is 10.9. The molecule has 1 N–H and O–H groups in total. The molecule has 0 heterocycles. The molecule has 2 aromatic rings. The summed E-state index contributed by atoms with van der Waals surface area (Å²) >= 11 is 0. The van der Waals surface area contributed by atoms with E-state index in [9.17, 15) is 10.1 Å². The number of hydrogen-bond donors (Lipinski definition) is 1. The lowest BCUT2D eigenvalue weighted by Gasteiger charge is -2.09. The number of anilines is 1. The van der Waals surface area contributed by atoms with Gasteiger partial charge in [0, 0.05) is 5.69 Å². The van der Waals surface area contributed by atoms with E-state index in [-0.39, 0.29) is 11.5 Å². The Morgan fingerprint density at radius 2 is 1.65 bits per heavy atom. The number of aryl methyl sites for hydroxylation is 4. The Balaban J connectivity index is 2.33. The molecular weight excluding hydrogens is 284 g/mol. The highest BCUT2D eigenvalue weighted by Gasteiger charge is 2.11. The summed E-state index contributed by atoms with van der Waals surface area (Å²) in [7, 11) is 0. The van der Waals surface area contributed by atoms with Gasteiger partial charge in [-0.25, -0.2) is 0 Å². The average Bonchev–Trinajstić information content (AvgIpc) is 2.51. The van der Waals surface area contributed by atoms with Crippen LogP contribution in [-0.2, 0) is 4.79 Å². The van der Waals surface area contributed by atoms with E-state index in [0.717, 1.165) is 27.9 Å². The predicted molar refractivity (Wildman–Crippen MR) is 94.1 cm³/mol. The van der Waals surface area contributed by atoms with Crippen LogP contribution >= 0.6 is 0 Å². The third-order valence-electron chi connectivity index (χ3n) is 3.94. The summed E-state index contributed by atoms with van der Waals surface area (Å²) in [4.78, 5) is 12.4. The quantitative estimate of drug-likeness (QED) is 0.672. The lowest BCUT2D eigenvalue weighted by molar-refractivity contribution is -0.112. The van der Waals surface area contributed by atoms with Crippen LogP contribution in [0.5, 0.6) is 0 Å². The van der Waals surface area contributed by atoms with Crippen molar-refractivity contribution in [3.05, 3.63) is 69.8 Å². The Morgan fingerprint density at radius 1 is 1.00 bits per heavy atom. The van der Waals surface area contributed by atoms with E-state index in [4.69, 9.17) is 0 Å². The molecule has 0 fully saturated rings. The number of nitrogens with one attached hydrogen (secondary N) is 1. The third kappa shape index (κ3) is 3.87. The van der Waals surface area contributed by atoms with Gasteiger partial charge in [0.15, 0.2) is 0 Å². The van der Waals surface area contributed by atoms with Gasteiger partial charge >= 0.3 is 0 Å². The van der Waals surface area contributed by atoms with Gasteiger partial charge < -0.3 is 5.32 Å². The van der Waals surface area contributed by atoms with Gasteiger partial charge in [0.25, 0.3) is 5.91 Å². The number of carbonyl (C=O) groups excluding carboxylic acids is 1. The summed E-state index contributed by atoms with van der Waals surface area (Å²) in [6, 6.07) is 13.6. The summed E-state index contributed by atoms with van der Waals surface area (Å²) in [6.45, 7) is 7.96.